The Hall–Kier alpha value is -1.83. The molecule has 0 spiro atoms. The molecule has 0 fully saturated rings. The lowest BCUT2D eigenvalue weighted by molar-refractivity contribution is -0.155. The molecule has 0 saturated heterocycles. The number of nitrogens with one attached hydrogen (secondary N) is 3. The second kappa shape index (κ2) is 8.36. The molecule has 2 atom stereocenters. The normalized spacial score (nSPS) is 14.8. The fourth-order valence-electron chi connectivity index (χ4n) is 1.13. The lowest BCUT2D eigenvalue weighted by Crippen LogP contribution is -2.49. The topological polar surface area (TPSA) is 128 Å². The highest BCUT2D eigenvalue weighted by atomic mass is 16.4. The van der Waals surface area contributed by atoms with Crippen LogP contribution in [0.2, 0.25) is 0 Å². The van der Waals surface area contributed by atoms with E-state index in [0.29, 0.717) is 0 Å². The Bertz CT molecular complexity index is 357. The minimum Gasteiger partial charge on any atom is -0.479 e. The standard InChI is InChI=1S/C12H23N3O5/c1-4-8(2)15-9(16)5-6-13-11(19)14-7-12(3,20)10(17)18/h8,20H,4-7H2,1-3H3,(H,15,16)(H,17,18)(H2,13,14,19). The third kappa shape index (κ3) is 7.57. The van der Waals surface area contributed by atoms with Crippen molar-refractivity contribution in [3.63, 3.8) is 0 Å². The van der Waals surface area contributed by atoms with Gasteiger partial charge in [-0.2, -0.15) is 0 Å². The van der Waals surface area contributed by atoms with Gasteiger partial charge in [-0.15, -0.1) is 0 Å². The van der Waals surface area contributed by atoms with Gasteiger partial charge in [-0.3, -0.25) is 4.79 Å². The molecule has 0 aliphatic carbocycles. The molecule has 2 unspecified atom stereocenters. The van der Waals surface area contributed by atoms with Crippen molar-refractivity contribution >= 4 is 17.9 Å². The molecule has 5 N–H and O–H groups in total. The number of rotatable bonds is 8. The van der Waals surface area contributed by atoms with Gasteiger partial charge < -0.3 is 26.2 Å². The Labute approximate surface area is 117 Å². The molecule has 3 amide bonds. The van der Waals surface area contributed by atoms with Crippen molar-refractivity contribution < 1.29 is 24.6 Å². The zero-order valence-corrected chi connectivity index (χ0v) is 12.0. The van der Waals surface area contributed by atoms with E-state index in [0.717, 1.165) is 13.3 Å². The van der Waals surface area contributed by atoms with Gasteiger partial charge in [0, 0.05) is 19.0 Å². The fourth-order valence-corrected chi connectivity index (χ4v) is 1.13. The van der Waals surface area contributed by atoms with Crippen LogP contribution in [0, 0.1) is 0 Å². The zero-order valence-electron chi connectivity index (χ0n) is 12.0. The predicted molar refractivity (Wildman–Crippen MR) is 72.2 cm³/mol. The Morgan fingerprint density at radius 1 is 1.25 bits per heavy atom. The van der Waals surface area contributed by atoms with Crippen LogP contribution >= 0.6 is 0 Å². The Morgan fingerprint density at radius 3 is 2.35 bits per heavy atom. The van der Waals surface area contributed by atoms with Gasteiger partial charge >= 0.3 is 12.0 Å². The molecule has 0 bridgehead atoms. The summed E-state index contributed by atoms with van der Waals surface area (Å²) < 4.78 is 0. The van der Waals surface area contributed by atoms with E-state index in [2.05, 4.69) is 16.0 Å². The van der Waals surface area contributed by atoms with Gasteiger partial charge in [0.15, 0.2) is 5.60 Å². The zero-order chi connectivity index (χ0) is 15.8. The number of hydrogen-bond acceptors (Lipinski definition) is 4. The Kier molecular flexibility index (Phi) is 7.60. The number of hydrogen-bond donors (Lipinski definition) is 5. The summed E-state index contributed by atoms with van der Waals surface area (Å²) in [6.45, 7) is 4.61. The van der Waals surface area contributed by atoms with Crippen LogP contribution < -0.4 is 16.0 Å². The first-order valence-electron chi connectivity index (χ1n) is 6.46. The van der Waals surface area contributed by atoms with Crippen LogP contribution in [0.15, 0.2) is 0 Å². The van der Waals surface area contributed by atoms with Gasteiger partial charge in [-0.1, -0.05) is 6.92 Å². The van der Waals surface area contributed by atoms with Crippen molar-refractivity contribution in [3.8, 4) is 0 Å². The largest absolute Gasteiger partial charge is 0.479 e. The molecule has 0 aromatic heterocycles. The van der Waals surface area contributed by atoms with Crippen molar-refractivity contribution in [3.05, 3.63) is 0 Å². The van der Waals surface area contributed by atoms with E-state index in [-0.39, 0.29) is 24.9 Å². The summed E-state index contributed by atoms with van der Waals surface area (Å²) in [5.74, 6) is -1.59. The summed E-state index contributed by atoms with van der Waals surface area (Å²) in [6, 6.07) is -0.551. The van der Waals surface area contributed by atoms with Crippen LogP contribution in [0.3, 0.4) is 0 Å². The average molecular weight is 289 g/mol. The highest BCUT2D eigenvalue weighted by Crippen LogP contribution is 2.00. The average Bonchev–Trinajstić information content (AvgIpc) is 2.36. The second-order valence-electron chi connectivity index (χ2n) is 4.82. The second-order valence-corrected chi connectivity index (χ2v) is 4.82. The first-order chi connectivity index (χ1) is 9.19. The van der Waals surface area contributed by atoms with Gasteiger partial charge in [-0.25, -0.2) is 9.59 Å². The molecule has 0 aromatic carbocycles. The van der Waals surface area contributed by atoms with Crippen molar-refractivity contribution in [2.24, 2.45) is 0 Å². The summed E-state index contributed by atoms with van der Waals surface area (Å²) in [5, 5.41) is 25.4. The maximum atomic E-state index is 11.4. The van der Waals surface area contributed by atoms with Gasteiger partial charge in [0.05, 0.1) is 6.54 Å². The van der Waals surface area contributed by atoms with Crippen LogP contribution in [0.25, 0.3) is 0 Å². The molecule has 116 valence electrons. The minimum absolute atomic E-state index is 0.0852. The number of aliphatic carboxylic acids is 1. The fraction of sp³-hybridized carbons (Fsp3) is 0.750. The van der Waals surface area contributed by atoms with E-state index in [1.165, 1.54) is 0 Å². The molecule has 0 rings (SSSR count). The molecular formula is C12H23N3O5. The quantitative estimate of drug-likeness (QED) is 0.409. The van der Waals surface area contributed by atoms with E-state index in [9.17, 15) is 19.5 Å². The van der Waals surface area contributed by atoms with Gasteiger partial charge in [0.25, 0.3) is 0 Å². The van der Waals surface area contributed by atoms with Crippen molar-refractivity contribution in [1.29, 1.82) is 0 Å². The molecule has 0 heterocycles. The number of carbonyl (C=O) groups is 3. The SMILES string of the molecule is CCC(C)NC(=O)CCNC(=O)NCC(C)(O)C(=O)O. The van der Waals surface area contributed by atoms with E-state index in [1.807, 2.05) is 13.8 Å². The Balaban J connectivity index is 3.85. The van der Waals surface area contributed by atoms with E-state index in [4.69, 9.17) is 5.11 Å². The first-order valence-corrected chi connectivity index (χ1v) is 6.46. The summed E-state index contributed by atoms with van der Waals surface area (Å²) >= 11 is 0. The molecule has 0 aliphatic rings. The van der Waals surface area contributed by atoms with Gasteiger partial charge in [-0.05, 0) is 20.3 Å². The minimum atomic E-state index is -2.02. The molecule has 8 heteroatoms. The maximum Gasteiger partial charge on any atom is 0.337 e. The van der Waals surface area contributed by atoms with Crippen molar-refractivity contribution in [2.75, 3.05) is 13.1 Å². The highest BCUT2D eigenvalue weighted by Gasteiger charge is 2.30. The molecule has 0 aliphatic heterocycles. The van der Waals surface area contributed by atoms with Crippen LogP contribution in [0.4, 0.5) is 4.79 Å². The third-order valence-corrected chi connectivity index (χ3v) is 2.71. The number of urea groups is 1. The number of amides is 3. The number of carboxylic acid groups (broad SMARTS) is 1. The molecule has 0 radical (unpaired) electrons. The van der Waals surface area contributed by atoms with E-state index >= 15 is 0 Å². The van der Waals surface area contributed by atoms with Gasteiger partial charge in [0.2, 0.25) is 5.91 Å². The summed E-state index contributed by atoms with van der Waals surface area (Å²) in [5.41, 5.74) is -2.02. The van der Waals surface area contributed by atoms with Gasteiger partial charge in [0.1, 0.15) is 0 Å². The molecule has 8 nitrogen and oxygen atoms in total. The summed E-state index contributed by atoms with van der Waals surface area (Å²) in [4.78, 5) is 33.3. The first kappa shape index (κ1) is 18.2. The molecule has 0 saturated carbocycles. The van der Waals surface area contributed by atoms with E-state index in [1.54, 1.807) is 0 Å². The van der Waals surface area contributed by atoms with Crippen LogP contribution in [-0.4, -0.2) is 52.9 Å². The molecule has 20 heavy (non-hydrogen) atoms. The lowest BCUT2D eigenvalue weighted by atomic mass is 10.1. The summed E-state index contributed by atoms with van der Waals surface area (Å²) in [7, 11) is 0. The van der Waals surface area contributed by atoms with Crippen LogP contribution in [0.1, 0.15) is 33.6 Å². The molecule has 0 aromatic rings. The number of carboxylic acids is 1. The predicted octanol–water partition coefficient (Wildman–Crippen LogP) is -0.574. The molecular weight excluding hydrogens is 266 g/mol. The lowest BCUT2D eigenvalue weighted by Gasteiger charge is -2.18. The summed E-state index contributed by atoms with van der Waals surface area (Å²) in [6.07, 6.45) is 0.955. The highest BCUT2D eigenvalue weighted by molar-refractivity contribution is 5.80. The van der Waals surface area contributed by atoms with Crippen molar-refractivity contribution in [1.82, 2.24) is 16.0 Å². The maximum absolute atomic E-state index is 11.4. The van der Waals surface area contributed by atoms with Crippen LogP contribution in [0.5, 0.6) is 0 Å². The third-order valence-electron chi connectivity index (χ3n) is 2.71. The number of aliphatic hydroxyl groups is 1. The number of carbonyl (C=O) groups excluding carboxylic acids is 2. The smallest absolute Gasteiger partial charge is 0.337 e. The van der Waals surface area contributed by atoms with E-state index < -0.39 is 24.1 Å². The van der Waals surface area contributed by atoms with Crippen LogP contribution in [-0.2, 0) is 9.59 Å². The van der Waals surface area contributed by atoms with Crippen molar-refractivity contribution in [2.45, 2.75) is 45.3 Å². The monoisotopic (exact) mass is 289 g/mol. The Morgan fingerprint density at radius 2 is 1.85 bits per heavy atom.